The lowest BCUT2D eigenvalue weighted by atomic mass is 10.1. The van der Waals surface area contributed by atoms with Gasteiger partial charge in [0.05, 0.1) is 11.4 Å². The topological polar surface area (TPSA) is 15.3 Å². The number of nitrogens with zero attached hydrogens (tertiary/aromatic N) is 1. The molecule has 0 saturated carbocycles. The van der Waals surface area contributed by atoms with Crippen molar-refractivity contribution in [1.29, 1.82) is 0 Å². The number of hydrogen-bond acceptors (Lipinski definition) is 2. The molecule has 0 aromatic heterocycles. The fourth-order valence-corrected chi connectivity index (χ4v) is 1.92. The average Bonchev–Trinajstić information content (AvgIpc) is 2.45. The van der Waals surface area contributed by atoms with E-state index in [-0.39, 0.29) is 0 Å². The van der Waals surface area contributed by atoms with Crippen LogP contribution < -0.4 is 10.2 Å². The summed E-state index contributed by atoms with van der Waals surface area (Å²) in [4.78, 5) is 2.31. The van der Waals surface area contributed by atoms with Crippen LogP contribution >= 0.6 is 0 Å². The second-order valence-corrected chi connectivity index (χ2v) is 3.96. The van der Waals surface area contributed by atoms with Crippen LogP contribution in [-0.2, 0) is 0 Å². The number of para-hydroxylation sites is 2. The van der Waals surface area contributed by atoms with E-state index in [2.05, 4.69) is 55.4 Å². The Balaban J connectivity index is 2.32. The summed E-state index contributed by atoms with van der Waals surface area (Å²) in [5.41, 5.74) is 2.56. The van der Waals surface area contributed by atoms with Crippen LogP contribution in [-0.4, -0.2) is 13.2 Å². The van der Waals surface area contributed by atoms with Gasteiger partial charge >= 0.3 is 0 Å². The Labute approximate surface area is 79.6 Å². The first-order valence-corrected chi connectivity index (χ1v) is 4.78. The molecular formula is C11H16N2. The van der Waals surface area contributed by atoms with Crippen molar-refractivity contribution in [2.45, 2.75) is 20.0 Å². The maximum Gasteiger partial charge on any atom is 0.101 e. The lowest BCUT2D eigenvalue weighted by Crippen LogP contribution is -2.36. The van der Waals surface area contributed by atoms with E-state index in [1.165, 1.54) is 11.4 Å². The first kappa shape index (κ1) is 8.42. The molecular weight excluding hydrogens is 160 g/mol. The van der Waals surface area contributed by atoms with E-state index in [4.69, 9.17) is 0 Å². The van der Waals surface area contributed by atoms with Crippen molar-refractivity contribution in [1.82, 2.24) is 0 Å². The Morgan fingerprint density at radius 2 is 2.00 bits per heavy atom. The van der Waals surface area contributed by atoms with Gasteiger partial charge in [0.15, 0.2) is 0 Å². The first-order valence-electron chi connectivity index (χ1n) is 4.78. The van der Waals surface area contributed by atoms with Crippen molar-refractivity contribution in [2.24, 2.45) is 5.92 Å². The predicted molar refractivity (Wildman–Crippen MR) is 57.1 cm³/mol. The molecule has 13 heavy (non-hydrogen) atoms. The summed E-state index contributed by atoms with van der Waals surface area (Å²) in [6.45, 7) is 4.47. The summed E-state index contributed by atoms with van der Waals surface area (Å²) in [5, 5.41) is 3.51. The molecule has 0 radical (unpaired) electrons. The van der Waals surface area contributed by atoms with Crippen LogP contribution in [0.5, 0.6) is 0 Å². The van der Waals surface area contributed by atoms with Crippen molar-refractivity contribution >= 4 is 11.4 Å². The fraction of sp³-hybridized carbons (Fsp3) is 0.455. The zero-order valence-corrected chi connectivity index (χ0v) is 8.41. The first-order chi connectivity index (χ1) is 6.20. The Morgan fingerprint density at radius 1 is 1.31 bits per heavy atom. The lowest BCUT2D eigenvalue weighted by molar-refractivity contribution is 0.530. The summed E-state index contributed by atoms with van der Waals surface area (Å²) >= 11 is 0. The van der Waals surface area contributed by atoms with E-state index in [0.717, 1.165) is 0 Å². The summed E-state index contributed by atoms with van der Waals surface area (Å²) in [7, 11) is 2.14. The van der Waals surface area contributed by atoms with Crippen molar-refractivity contribution in [3.63, 3.8) is 0 Å². The van der Waals surface area contributed by atoms with Crippen LogP contribution in [0.3, 0.4) is 0 Å². The summed E-state index contributed by atoms with van der Waals surface area (Å²) in [6.07, 6.45) is 0.442. The molecule has 2 rings (SSSR count). The molecule has 1 aliphatic rings. The number of benzene rings is 1. The third kappa shape index (κ3) is 1.26. The molecule has 0 fully saturated rings. The van der Waals surface area contributed by atoms with Crippen molar-refractivity contribution < 1.29 is 0 Å². The Bertz CT molecular complexity index is 307. The molecule has 1 aromatic rings. The molecule has 2 nitrogen and oxygen atoms in total. The zero-order chi connectivity index (χ0) is 9.42. The van der Waals surface area contributed by atoms with Gasteiger partial charge in [-0.1, -0.05) is 26.0 Å². The average molecular weight is 176 g/mol. The van der Waals surface area contributed by atoms with Gasteiger partial charge in [0.25, 0.3) is 0 Å². The third-order valence-corrected chi connectivity index (χ3v) is 2.64. The minimum absolute atomic E-state index is 0.442. The molecule has 0 saturated heterocycles. The molecule has 1 heterocycles. The van der Waals surface area contributed by atoms with Crippen molar-refractivity contribution in [3.05, 3.63) is 24.3 Å². The molecule has 0 aliphatic carbocycles. The lowest BCUT2D eigenvalue weighted by Gasteiger charge is -2.25. The van der Waals surface area contributed by atoms with Crippen molar-refractivity contribution in [3.8, 4) is 0 Å². The van der Waals surface area contributed by atoms with Gasteiger partial charge in [0, 0.05) is 7.05 Å². The molecule has 1 aromatic carbocycles. The Kier molecular flexibility index (Phi) is 1.91. The highest BCUT2D eigenvalue weighted by Crippen LogP contribution is 2.34. The van der Waals surface area contributed by atoms with Gasteiger partial charge in [-0.05, 0) is 18.1 Å². The summed E-state index contributed by atoms with van der Waals surface area (Å²) in [6, 6.07) is 8.45. The van der Waals surface area contributed by atoms with Crippen LogP contribution in [0.1, 0.15) is 13.8 Å². The van der Waals surface area contributed by atoms with Gasteiger partial charge in [-0.15, -0.1) is 0 Å². The van der Waals surface area contributed by atoms with Gasteiger partial charge in [0.2, 0.25) is 0 Å². The summed E-state index contributed by atoms with van der Waals surface area (Å²) in [5.74, 6) is 0.623. The fourth-order valence-electron chi connectivity index (χ4n) is 1.92. The molecule has 0 amide bonds. The van der Waals surface area contributed by atoms with Crippen LogP contribution in [0, 0.1) is 5.92 Å². The number of rotatable bonds is 1. The number of hydrogen-bond donors (Lipinski definition) is 1. The van der Waals surface area contributed by atoms with E-state index >= 15 is 0 Å². The van der Waals surface area contributed by atoms with Gasteiger partial charge < -0.3 is 10.2 Å². The number of nitrogens with one attached hydrogen (secondary N) is 1. The quantitative estimate of drug-likeness (QED) is 0.707. The smallest absolute Gasteiger partial charge is 0.101 e. The SMILES string of the molecule is CC(C)C1Nc2ccccc2N1C. The van der Waals surface area contributed by atoms with Crippen LogP contribution in [0.4, 0.5) is 11.4 Å². The summed E-state index contributed by atoms with van der Waals surface area (Å²) < 4.78 is 0. The normalized spacial score (nSPS) is 20.3. The monoisotopic (exact) mass is 176 g/mol. The van der Waals surface area contributed by atoms with E-state index in [0.29, 0.717) is 12.1 Å². The van der Waals surface area contributed by atoms with Crippen LogP contribution in [0.25, 0.3) is 0 Å². The molecule has 1 N–H and O–H groups in total. The van der Waals surface area contributed by atoms with E-state index in [1.807, 2.05) is 0 Å². The molecule has 1 aliphatic heterocycles. The number of anilines is 2. The van der Waals surface area contributed by atoms with Crippen molar-refractivity contribution in [2.75, 3.05) is 17.3 Å². The molecule has 0 bridgehead atoms. The van der Waals surface area contributed by atoms with Gasteiger partial charge in [-0.25, -0.2) is 0 Å². The zero-order valence-electron chi connectivity index (χ0n) is 8.41. The number of fused-ring (bicyclic) bond motifs is 1. The van der Waals surface area contributed by atoms with Gasteiger partial charge in [-0.3, -0.25) is 0 Å². The Morgan fingerprint density at radius 3 is 2.62 bits per heavy atom. The predicted octanol–water partition coefficient (Wildman–Crippen LogP) is 2.53. The molecule has 1 atom stereocenters. The van der Waals surface area contributed by atoms with Crippen LogP contribution in [0.2, 0.25) is 0 Å². The van der Waals surface area contributed by atoms with Crippen LogP contribution in [0.15, 0.2) is 24.3 Å². The third-order valence-electron chi connectivity index (χ3n) is 2.64. The van der Waals surface area contributed by atoms with Gasteiger partial charge in [-0.2, -0.15) is 0 Å². The van der Waals surface area contributed by atoms with E-state index < -0.39 is 0 Å². The second-order valence-electron chi connectivity index (χ2n) is 3.96. The molecule has 70 valence electrons. The van der Waals surface area contributed by atoms with E-state index in [1.54, 1.807) is 0 Å². The standard InChI is InChI=1S/C11H16N2/c1-8(2)11-12-9-6-4-5-7-10(9)13(11)3/h4-8,11-12H,1-3H3. The Hall–Kier alpha value is -1.18. The minimum Gasteiger partial charge on any atom is -0.363 e. The maximum absolute atomic E-state index is 3.51. The second kappa shape index (κ2) is 2.95. The van der Waals surface area contributed by atoms with E-state index in [9.17, 15) is 0 Å². The highest BCUT2D eigenvalue weighted by atomic mass is 15.3. The maximum atomic E-state index is 3.51. The highest BCUT2D eigenvalue weighted by Gasteiger charge is 2.26. The highest BCUT2D eigenvalue weighted by molar-refractivity contribution is 5.75. The minimum atomic E-state index is 0.442. The molecule has 0 spiro atoms. The van der Waals surface area contributed by atoms with Gasteiger partial charge in [0.1, 0.15) is 6.17 Å². The molecule has 2 heteroatoms. The molecule has 1 unspecified atom stereocenters. The largest absolute Gasteiger partial charge is 0.363 e.